The molecule has 0 saturated heterocycles. The van der Waals surface area contributed by atoms with Gasteiger partial charge in [-0.05, 0) is 25.7 Å². The van der Waals surface area contributed by atoms with E-state index in [1.54, 1.807) is 6.08 Å². The molecule has 0 heterocycles. The number of allylic oxidation sites excluding steroid dienone is 7. The van der Waals surface area contributed by atoms with E-state index >= 15 is 0 Å². The molecule has 0 aliphatic carbocycles. The Labute approximate surface area is 97.7 Å². The van der Waals surface area contributed by atoms with Crippen molar-refractivity contribution in [1.29, 1.82) is 0 Å². The van der Waals surface area contributed by atoms with Gasteiger partial charge in [0.05, 0.1) is 0 Å². The zero-order valence-corrected chi connectivity index (χ0v) is 9.64. The lowest BCUT2D eigenvalue weighted by atomic mass is 10.2. The van der Waals surface area contributed by atoms with Gasteiger partial charge in [-0.1, -0.05) is 49.1 Å². The van der Waals surface area contributed by atoms with Gasteiger partial charge in [0.25, 0.3) is 0 Å². The van der Waals surface area contributed by atoms with Crippen molar-refractivity contribution < 1.29 is 9.90 Å². The Kier molecular flexibility index (Phi) is 10.4. The van der Waals surface area contributed by atoms with E-state index in [1.807, 2.05) is 18.2 Å². The van der Waals surface area contributed by atoms with Crippen LogP contribution in [0.4, 0.5) is 0 Å². The minimum absolute atomic E-state index is 0.256. The molecular weight excluding hydrogens is 200 g/mol. The van der Waals surface area contributed by atoms with Gasteiger partial charge in [0, 0.05) is 6.42 Å². The molecular formula is C14H20O2. The molecule has 0 aliphatic heterocycles. The SMILES string of the molecule is C=C/C=C\C/C=C\C/C=C\CCCC(=O)O. The monoisotopic (exact) mass is 220 g/mol. The minimum Gasteiger partial charge on any atom is -0.481 e. The number of carbonyl (C=O) groups is 1. The van der Waals surface area contributed by atoms with Crippen LogP contribution in [0, 0.1) is 0 Å². The van der Waals surface area contributed by atoms with E-state index in [1.165, 1.54) is 0 Å². The minimum atomic E-state index is -0.720. The Bertz CT molecular complexity index is 272. The van der Waals surface area contributed by atoms with Crippen molar-refractivity contribution in [2.24, 2.45) is 0 Å². The van der Waals surface area contributed by atoms with E-state index in [2.05, 4.69) is 24.8 Å². The summed E-state index contributed by atoms with van der Waals surface area (Å²) in [5.41, 5.74) is 0. The summed E-state index contributed by atoms with van der Waals surface area (Å²) >= 11 is 0. The third-order valence-electron chi connectivity index (χ3n) is 1.91. The predicted octanol–water partition coefficient (Wildman–Crippen LogP) is 3.88. The van der Waals surface area contributed by atoms with Crippen LogP contribution in [0.2, 0.25) is 0 Å². The van der Waals surface area contributed by atoms with Gasteiger partial charge in [0.2, 0.25) is 0 Å². The first-order chi connectivity index (χ1) is 7.77. The molecule has 0 fully saturated rings. The van der Waals surface area contributed by atoms with Gasteiger partial charge in [0.1, 0.15) is 0 Å². The highest BCUT2D eigenvalue weighted by Gasteiger charge is 1.92. The van der Waals surface area contributed by atoms with Crippen molar-refractivity contribution >= 4 is 5.97 Å². The topological polar surface area (TPSA) is 37.3 Å². The molecule has 0 aromatic heterocycles. The number of unbranched alkanes of at least 4 members (excludes halogenated alkanes) is 1. The van der Waals surface area contributed by atoms with E-state index in [-0.39, 0.29) is 6.42 Å². The van der Waals surface area contributed by atoms with Crippen molar-refractivity contribution in [1.82, 2.24) is 0 Å². The number of aliphatic carboxylic acids is 1. The Morgan fingerprint density at radius 1 is 1.06 bits per heavy atom. The van der Waals surface area contributed by atoms with Crippen molar-refractivity contribution in [2.75, 3.05) is 0 Å². The van der Waals surface area contributed by atoms with Crippen molar-refractivity contribution in [3.63, 3.8) is 0 Å². The Morgan fingerprint density at radius 3 is 2.31 bits per heavy atom. The van der Waals surface area contributed by atoms with Crippen LogP contribution in [0.3, 0.4) is 0 Å². The zero-order valence-electron chi connectivity index (χ0n) is 9.64. The standard InChI is InChI=1S/C14H20O2/c1-2-3-4-5-6-7-8-9-10-11-12-13-14(15)16/h2-4,6-7,9-10H,1,5,8,11-13H2,(H,15,16)/b4-3-,7-6-,10-9-. The lowest BCUT2D eigenvalue weighted by Gasteiger charge is -1.89. The number of hydrogen-bond acceptors (Lipinski definition) is 1. The van der Waals surface area contributed by atoms with Crippen molar-refractivity contribution in [2.45, 2.75) is 32.1 Å². The van der Waals surface area contributed by atoms with Gasteiger partial charge in [-0.2, -0.15) is 0 Å². The Morgan fingerprint density at radius 2 is 1.69 bits per heavy atom. The summed E-state index contributed by atoms with van der Waals surface area (Å²) in [5.74, 6) is -0.720. The molecule has 0 aromatic rings. The van der Waals surface area contributed by atoms with E-state index in [4.69, 9.17) is 5.11 Å². The average Bonchev–Trinajstić information content (AvgIpc) is 2.25. The van der Waals surface area contributed by atoms with Crippen molar-refractivity contribution in [3.8, 4) is 0 Å². The fraction of sp³-hybridized carbons (Fsp3) is 0.357. The van der Waals surface area contributed by atoms with E-state index in [9.17, 15) is 4.79 Å². The summed E-state index contributed by atoms with van der Waals surface area (Å²) in [7, 11) is 0. The molecule has 0 saturated carbocycles. The van der Waals surface area contributed by atoms with Gasteiger partial charge >= 0.3 is 5.97 Å². The number of carboxylic acid groups (broad SMARTS) is 1. The van der Waals surface area contributed by atoms with Gasteiger partial charge < -0.3 is 5.11 Å². The van der Waals surface area contributed by atoms with Gasteiger partial charge in [-0.3, -0.25) is 4.79 Å². The van der Waals surface area contributed by atoms with Crippen LogP contribution in [-0.4, -0.2) is 11.1 Å². The average molecular weight is 220 g/mol. The maximum atomic E-state index is 10.2. The van der Waals surface area contributed by atoms with Crippen LogP contribution in [0.5, 0.6) is 0 Å². The maximum Gasteiger partial charge on any atom is 0.303 e. The summed E-state index contributed by atoms with van der Waals surface area (Å²) in [6, 6.07) is 0. The van der Waals surface area contributed by atoms with Gasteiger partial charge in [-0.15, -0.1) is 0 Å². The first-order valence-electron chi connectivity index (χ1n) is 5.56. The molecule has 88 valence electrons. The van der Waals surface area contributed by atoms with E-state index in [0.29, 0.717) is 0 Å². The van der Waals surface area contributed by atoms with E-state index in [0.717, 1.165) is 25.7 Å². The summed E-state index contributed by atoms with van der Waals surface area (Å²) in [4.78, 5) is 10.2. The van der Waals surface area contributed by atoms with Gasteiger partial charge in [0.15, 0.2) is 0 Å². The molecule has 0 bridgehead atoms. The molecule has 0 rings (SSSR count). The van der Waals surface area contributed by atoms with Crippen LogP contribution >= 0.6 is 0 Å². The Hall–Kier alpha value is -1.57. The van der Waals surface area contributed by atoms with Crippen molar-refractivity contribution in [3.05, 3.63) is 49.1 Å². The molecule has 0 amide bonds. The smallest absolute Gasteiger partial charge is 0.303 e. The molecule has 1 N–H and O–H groups in total. The lowest BCUT2D eigenvalue weighted by molar-refractivity contribution is -0.137. The first-order valence-corrected chi connectivity index (χ1v) is 5.56. The second kappa shape index (κ2) is 11.5. The quantitative estimate of drug-likeness (QED) is 0.364. The summed E-state index contributed by atoms with van der Waals surface area (Å²) in [6.07, 6.45) is 17.7. The van der Waals surface area contributed by atoms with Crippen LogP contribution in [0.15, 0.2) is 49.1 Å². The summed E-state index contributed by atoms with van der Waals surface area (Å²) < 4.78 is 0. The van der Waals surface area contributed by atoms with E-state index < -0.39 is 5.97 Å². The van der Waals surface area contributed by atoms with Crippen LogP contribution in [0.25, 0.3) is 0 Å². The summed E-state index contributed by atoms with van der Waals surface area (Å²) in [5, 5.41) is 8.41. The van der Waals surface area contributed by atoms with Crippen LogP contribution in [-0.2, 0) is 4.79 Å². The van der Waals surface area contributed by atoms with Gasteiger partial charge in [-0.25, -0.2) is 0 Å². The lowest BCUT2D eigenvalue weighted by Crippen LogP contribution is -1.92. The molecule has 0 unspecified atom stereocenters. The second-order valence-corrected chi connectivity index (χ2v) is 3.36. The Balaban J connectivity index is 3.36. The highest BCUT2D eigenvalue weighted by atomic mass is 16.4. The molecule has 16 heavy (non-hydrogen) atoms. The third-order valence-corrected chi connectivity index (χ3v) is 1.91. The highest BCUT2D eigenvalue weighted by Crippen LogP contribution is 1.98. The van der Waals surface area contributed by atoms with Crippen LogP contribution < -0.4 is 0 Å². The number of carboxylic acids is 1. The first kappa shape index (κ1) is 14.4. The molecule has 0 atom stereocenters. The molecule has 0 spiro atoms. The largest absolute Gasteiger partial charge is 0.481 e. The highest BCUT2D eigenvalue weighted by molar-refractivity contribution is 5.66. The zero-order chi connectivity index (χ0) is 12.1. The fourth-order valence-corrected chi connectivity index (χ4v) is 1.11. The number of rotatable bonds is 9. The molecule has 2 heteroatoms. The molecule has 0 radical (unpaired) electrons. The number of hydrogen-bond donors (Lipinski definition) is 1. The molecule has 2 nitrogen and oxygen atoms in total. The second-order valence-electron chi connectivity index (χ2n) is 3.36. The van der Waals surface area contributed by atoms with Crippen LogP contribution in [0.1, 0.15) is 32.1 Å². The molecule has 0 aromatic carbocycles. The predicted molar refractivity (Wildman–Crippen MR) is 68.3 cm³/mol. The fourth-order valence-electron chi connectivity index (χ4n) is 1.11. The maximum absolute atomic E-state index is 10.2. The normalized spacial score (nSPS) is 11.8. The third kappa shape index (κ3) is 12.4. The summed E-state index contributed by atoms with van der Waals surface area (Å²) in [6.45, 7) is 3.58. The molecule has 0 aliphatic rings.